The number of nitrogens with zero attached hydrogens (tertiary/aromatic N) is 1. The fraction of sp³-hybridized carbons (Fsp3) is 0.938. The number of piperidine rings is 1. The first kappa shape index (κ1) is 17.4. The number of primary amides is 1. The minimum absolute atomic E-state index is 0.244. The maximum atomic E-state index is 11.7. The van der Waals surface area contributed by atoms with Crippen LogP contribution >= 0.6 is 0 Å². The lowest BCUT2D eigenvalue weighted by atomic mass is 9.92. The van der Waals surface area contributed by atoms with Crippen molar-refractivity contribution in [2.75, 3.05) is 13.1 Å². The van der Waals surface area contributed by atoms with Crippen molar-refractivity contribution in [2.24, 2.45) is 11.7 Å². The Bertz CT molecular complexity index is 319. The van der Waals surface area contributed by atoms with Crippen LogP contribution in [0.5, 0.6) is 0 Å². The number of carbonyl (C=O) groups is 1. The van der Waals surface area contributed by atoms with Crippen molar-refractivity contribution in [3.8, 4) is 0 Å². The summed E-state index contributed by atoms with van der Waals surface area (Å²) < 4.78 is 0. The van der Waals surface area contributed by atoms with Crippen LogP contribution in [0, 0.1) is 5.92 Å². The third kappa shape index (κ3) is 5.06. The van der Waals surface area contributed by atoms with Gasteiger partial charge in [0.2, 0.25) is 5.91 Å². The lowest BCUT2D eigenvalue weighted by Crippen LogP contribution is -2.55. The lowest BCUT2D eigenvalue weighted by molar-refractivity contribution is -0.124. The molecule has 0 aromatic heterocycles. The minimum Gasteiger partial charge on any atom is -0.368 e. The van der Waals surface area contributed by atoms with Gasteiger partial charge in [0.1, 0.15) is 0 Å². The van der Waals surface area contributed by atoms with E-state index in [1.54, 1.807) is 0 Å². The van der Waals surface area contributed by atoms with Gasteiger partial charge >= 0.3 is 0 Å². The second kappa shape index (κ2) is 7.41. The maximum absolute atomic E-state index is 11.7. The Kier molecular flexibility index (Phi) is 6.46. The molecule has 1 aliphatic rings. The first-order valence-electron chi connectivity index (χ1n) is 8.06. The highest BCUT2D eigenvalue weighted by Crippen LogP contribution is 2.22. The predicted molar refractivity (Wildman–Crippen MR) is 84.5 cm³/mol. The molecular formula is C16H33N3O. The number of hydrogen-bond acceptors (Lipinski definition) is 3. The van der Waals surface area contributed by atoms with E-state index in [-0.39, 0.29) is 11.9 Å². The van der Waals surface area contributed by atoms with Gasteiger partial charge in [-0.1, -0.05) is 6.92 Å². The highest BCUT2D eigenvalue weighted by molar-refractivity contribution is 5.84. The van der Waals surface area contributed by atoms with E-state index >= 15 is 0 Å². The fourth-order valence-corrected chi connectivity index (χ4v) is 3.23. The monoisotopic (exact) mass is 283 g/mol. The Morgan fingerprint density at radius 2 is 2.05 bits per heavy atom. The number of carbonyl (C=O) groups excluding carboxylic acids is 1. The van der Waals surface area contributed by atoms with E-state index in [0.717, 1.165) is 25.3 Å². The van der Waals surface area contributed by atoms with Gasteiger partial charge < -0.3 is 16.0 Å². The molecule has 0 aromatic rings. The molecule has 0 aromatic carbocycles. The van der Waals surface area contributed by atoms with Gasteiger partial charge in [-0.15, -0.1) is 0 Å². The molecular weight excluding hydrogens is 250 g/mol. The summed E-state index contributed by atoms with van der Waals surface area (Å²) >= 11 is 0. The van der Waals surface area contributed by atoms with Gasteiger partial charge in [-0.3, -0.25) is 4.79 Å². The molecule has 118 valence electrons. The van der Waals surface area contributed by atoms with Crippen molar-refractivity contribution in [1.82, 2.24) is 10.2 Å². The molecule has 1 saturated heterocycles. The van der Waals surface area contributed by atoms with E-state index in [1.807, 2.05) is 6.92 Å². The number of likely N-dealkylation sites (tertiary alicyclic amines) is 1. The van der Waals surface area contributed by atoms with Gasteiger partial charge in [-0.2, -0.15) is 0 Å². The Morgan fingerprint density at radius 1 is 1.40 bits per heavy atom. The Hall–Kier alpha value is -0.610. The van der Waals surface area contributed by atoms with E-state index in [9.17, 15) is 4.79 Å². The smallest absolute Gasteiger partial charge is 0.237 e. The quantitative estimate of drug-likeness (QED) is 0.752. The summed E-state index contributed by atoms with van der Waals surface area (Å²) in [5.41, 5.74) is 4.99. The van der Waals surface area contributed by atoms with Crippen LogP contribution in [0.25, 0.3) is 0 Å². The van der Waals surface area contributed by atoms with E-state index in [2.05, 4.69) is 37.9 Å². The zero-order valence-corrected chi connectivity index (χ0v) is 13.9. The summed E-state index contributed by atoms with van der Waals surface area (Å²) in [6, 6.07) is 0.936. The molecule has 4 nitrogen and oxygen atoms in total. The second-order valence-electron chi connectivity index (χ2n) is 7.13. The first-order chi connectivity index (χ1) is 9.24. The third-order valence-electron chi connectivity index (χ3n) is 4.52. The van der Waals surface area contributed by atoms with E-state index in [0.29, 0.717) is 6.04 Å². The van der Waals surface area contributed by atoms with Crippen molar-refractivity contribution < 1.29 is 4.79 Å². The van der Waals surface area contributed by atoms with Gasteiger partial charge in [-0.05, 0) is 65.8 Å². The number of amides is 1. The summed E-state index contributed by atoms with van der Waals surface area (Å²) in [5.74, 6) is 0.550. The molecule has 20 heavy (non-hydrogen) atoms. The number of rotatable bonds is 7. The van der Waals surface area contributed by atoms with Gasteiger partial charge in [0, 0.05) is 18.6 Å². The van der Waals surface area contributed by atoms with Crippen LogP contribution in [0.3, 0.4) is 0 Å². The Labute approximate surface area is 124 Å². The molecule has 0 spiro atoms. The number of nitrogens with two attached hydrogens (primary N) is 1. The first-order valence-corrected chi connectivity index (χ1v) is 8.06. The average molecular weight is 283 g/mol. The molecule has 1 amide bonds. The summed E-state index contributed by atoms with van der Waals surface area (Å²) in [6.07, 6.45) is 4.44. The molecule has 1 fully saturated rings. The van der Waals surface area contributed by atoms with Crippen LogP contribution in [0.4, 0.5) is 0 Å². The van der Waals surface area contributed by atoms with Gasteiger partial charge in [0.25, 0.3) is 0 Å². The highest BCUT2D eigenvalue weighted by Gasteiger charge is 2.31. The van der Waals surface area contributed by atoms with Gasteiger partial charge in [0.15, 0.2) is 0 Å². The summed E-state index contributed by atoms with van der Waals surface area (Å²) in [7, 11) is 0. The van der Waals surface area contributed by atoms with Crippen LogP contribution in [0.2, 0.25) is 0 Å². The third-order valence-corrected chi connectivity index (χ3v) is 4.52. The Morgan fingerprint density at radius 3 is 2.60 bits per heavy atom. The molecule has 0 aliphatic carbocycles. The van der Waals surface area contributed by atoms with Crippen LogP contribution in [0.1, 0.15) is 60.3 Å². The maximum Gasteiger partial charge on any atom is 0.237 e. The normalized spacial score (nSPS) is 27.5. The van der Waals surface area contributed by atoms with E-state index in [4.69, 9.17) is 5.73 Å². The van der Waals surface area contributed by atoms with Crippen LogP contribution in [0.15, 0.2) is 0 Å². The second-order valence-corrected chi connectivity index (χ2v) is 7.13. The van der Waals surface area contributed by atoms with Gasteiger partial charge in [-0.25, -0.2) is 0 Å². The number of nitrogens with one attached hydrogen (secondary N) is 1. The average Bonchev–Trinajstić information content (AvgIpc) is 2.32. The summed E-state index contributed by atoms with van der Waals surface area (Å²) in [5, 5.41) is 3.32. The molecule has 3 atom stereocenters. The Balaban J connectivity index is 2.46. The zero-order chi connectivity index (χ0) is 15.3. The van der Waals surface area contributed by atoms with Crippen LogP contribution < -0.4 is 11.1 Å². The van der Waals surface area contributed by atoms with E-state index in [1.165, 1.54) is 19.4 Å². The predicted octanol–water partition coefficient (Wildman–Crippen LogP) is 2.13. The lowest BCUT2D eigenvalue weighted by Gasteiger charge is -2.37. The SMILES string of the molecule is CC1CCC(C)N(CCCC(C)(NC(C)C)C(N)=O)C1. The molecule has 1 rings (SSSR count). The largest absolute Gasteiger partial charge is 0.368 e. The molecule has 4 heteroatoms. The molecule has 3 unspecified atom stereocenters. The fourth-order valence-electron chi connectivity index (χ4n) is 3.23. The molecule has 0 saturated carbocycles. The summed E-state index contributed by atoms with van der Waals surface area (Å²) in [4.78, 5) is 14.3. The molecule has 3 N–H and O–H groups in total. The standard InChI is InChI=1S/C16H33N3O/c1-12(2)18-16(5,15(17)20)9-6-10-19-11-13(3)7-8-14(19)4/h12-14,18H,6-11H2,1-5H3,(H2,17,20). The summed E-state index contributed by atoms with van der Waals surface area (Å²) in [6.45, 7) is 12.9. The van der Waals surface area contributed by atoms with Crippen molar-refractivity contribution in [3.05, 3.63) is 0 Å². The minimum atomic E-state index is -0.585. The molecule has 0 bridgehead atoms. The highest BCUT2D eigenvalue weighted by atomic mass is 16.1. The van der Waals surface area contributed by atoms with Crippen molar-refractivity contribution >= 4 is 5.91 Å². The molecule has 1 aliphatic heterocycles. The van der Waals surface area contributed by atoms with Crippen LogP contribution in [-0.4, -0.2) is 41.5 Å². The number of hydrogen-bond donors (Lipinski definition) is 2. The van der Waals surface area contributed by atoms with Crippen molar-refractivity contribution in [2.45, 2.75) is 77.9 Å². The zero-order valence-electron chi connectivity index (χ0n) is 13.9. The molecule has 1 heterocycles. The van der Waals surface area contributed by atoms with Crippen LogP contribution in [-0.2, 0) is 4.79 Å². The topological polar surface area (TPSA) is 58.4 Å². The van der Waals surface area contributed by atoms with Crippen molar-refractivity contribution in [1.29, 1.82) is 0 Å². The van der Waals surface area contributed by atoms with Gasteiger partial charge in [0.05, 0.1) is 5.54 Å². The van der Waals surface area contributed by atoms with Crippen molar-refractivity contribution in [3.63, 3.8) is 0 Å². The van der Waals surface area contributed by atoms with E-state index < -0.39 is 5.54 Å². The molecule has 0 radical (unpaired) electrons.